The van der Waals surface area contributed by atoms with Crippen LogP contribution in [-0.4, -0.2) is 41.2 Å². The first-order valence-electron chi connectivity index (χ1n) is 8.42. The lowest BCUT2D eigenvalue weighted by molar-refractivity contribution is 0.0787. The highest BCUT2D eigenvalue weighted by atomic mass is 16.5. The molecule has 0 spiro atoms. The molecule has 2 aromatic rings. The molecule has 1 saturated heterocycles. The summed E-state index contributed by atoms with van der Waals surface area (Å²) in [6, 6.07) is 1.58. The molecule has 0 aliphatic carbocycles. The maximum atomic E-state index is 12.5. The molecule has 0 aromatic carbocycles. The number of aromatic nitrogens is 3. The number of nitrogens with zero attached hydrogens (tertiary/aromatic N) is 4. The predicted molar refractivity (Wildman–Crippen MR) is 98.8 cm³/mol. The van der Waals surface area contributed by atoms with Crippen LogP contribution in [0, 0.1) is 6.92 Å². The lowest BCUT2D eigenvalue weighted by Gasteiger charge is -2.39. The summed E-state index contributed by atoms with van der Waals surface area (Å²) in [6.07, 6.45) is 7.34. The maximum absolute atomic E-state index is 12.5. The van der Waals surface area contributed by atoms with Gasteiger partial charge < -0.3 is 19.9 Å². The van der Waals surface area contributed by atoms with Crippen molar-refractivity contribution in [2.24, 2.45) is 5.73 Å². The highest BCUT2D eigenvalue weighted by molar-refractivity contribution is 5.64. The summed E-state index contributed by atoms with van der Waals surface area (Å²) in [5.74, 6) is 0.611. The second kappa shape index (κ2) is 7.57. The normalized spacial score (nSPS) is 15.7. The van der Waals surface area contributed by atoms with E-state index in [-0.39, 0.29) is 18.2 Å². The molecule has 3 heterocycles. The number of anilines is 1. The van der Waals surface area contributed by atoms with E-state index >= 15 is 0 Å². The highest BCUT2D eigenvalue weighted by Gasteiger charge is 2.27. The van der Waals surface area contributed by atoms with Crippen molar-refractivity contribution in [3.8, 4) is 0 Å². The minimum Gasteiger partial charge on any atom is -0.397 e. The Labute approximate surface area is 151 Å². The summed E-state index contributed by atoms with van der Waals surface area (Å²) < 4.78 is 11.9. The van der Waals surface area contributed by atoms with Gasteiger partial charge in [-0.25, -0.2) is 4.68 Å². The van der Waals surface area contributed by atoms with Crippen molar-refractivity contribution in [2.45, 2.75) is 26.5 Å². The molecule has 0 radical (unpaired) electrons. The highest BCUT2D eigenvalue weighted by Crippen LogP contribution is 2.21. The van der Waals surface area contributed by atoms with Crippen molar-refractivity contribution in [3.63, 3.8) is 0 Å². The molecule has 3 rings (SSSR count). The predicted octanol–water partition coefficient (Wildman–Crippen LogP) is 1.30. The van der Waals surface area contributed by atoms with E-state index in [0.717, 1.165) is 24.3 Å². The van der Waals surface area contributed by atoms with Crippen LogP contribution in [0.15, 0.2) is 39.8 Å². The first-order valence-corrected chi connectivity index (χ1v) is 8.42. The zero-order valence-electron chi connectivity index (χ0n) is 15.2. The van der Waals surface area contributed by atoms with Crippen LogP contribution in [0.3, 0.4) is 0 Å². The molecule has 138 valence electrons. The lowest BCUT2D eigenvalue weighted by atomic mass is 10.1. The number of rotatable bonds is 6. The zero-order valence-corrected chi connectivity index (χ0v) is 15.2. The van der Waals surface area contributed by atoms with E-state index in [2.05, 4.69) is 15.2 Å². The van der Waals surface area contributed by atoms with Crippen LogP contribution in [-0.2, 0) is 11.3 Å². The van der Waals surface area contributed by atoms with Crippen molar-refractivity contribution in [3.05, 3.63) is 57.9 Å². The largest absolute Gasteiger partial charge is 0.397 e. The van der Waals surface area contributed by atoms with Gasteiger partial charge in [-0.05, 0) is 19.9 Å². The van der Waals surface area contributed by atoms with Crippen molar-refractivity contribution >= 4 is 11.4 Å². The molecule has 26 heavy (non-hydrogen) atoms. The monoisotopic (exact) mass is 357 g/mol. The van der Waals surface area contributed by atoms with E-state index in [1.165, 1.54) is 4.68 Å². The first kappa shape index (κ1) is 17.9. The number of nitrogens with two attached hydrogens (primary N) is 1. The van der Waals surface area contributed by atoms with E-state index < -0.39 is 0 Å². The number of hydrogen-bond acceptors (Lipinski definition) is 7. The minimum absolute atomic E-state index is 0.189. The molecule has 8 heteroatoms. The second-order valence-electron chi connectivity index (χ2n) is 6.19. The third-order valence-electron chi connectivity index (χ3n) is 4.44. The van der Waals surface area contributed by atoms with Crippen LogP contribution in [0.25, 0.3) is 5.70 Å². The third-order valence-corrected chi connectivity index (χ3v) is 4.44. The third kappa shape index (κ3) is 3.55. The van der Waals surface area contributed by atoms with E-state index in [0.29, 0.717) is 17.2 Å². The van der Waals surface area contributed by atoms with Crippen LogP contribution in [0.2, 0.25) is 0 Å². The van der Waals surface area contributed by atoms with E-state index in [1.54, 1.807) is 32.4 Å². The first-order chi connectivity index (χ1) is 12.5. The summed E-state index contributed by atoms with van der Waals surface area (Å²) >= 11 is 0. The molecular weight excluding hydrogens is 334 g/mol. The van der Waals surface area contributed by atoms with Crippen LogP contribution < -0.4 is 16.2 Å². The van der Waals surface area contributed by atoms with Crippen LogP contribution in [0.5, 0.6) is 0 Å². The smallest absolute Gasteiger partial charge is 0.269 e. The average Bonchev–Trinajstić information content (AvgIpc) is 2.95. The van der Waals surface area contributed by atoms with Crippen LogP contribution in [0.1, 0.15) is 23.9 Å². The van der Waals surface area contributed by atoms with Gasteiger partial charge in [0.15, 0.2) is 0 Å². The number of methoxy groups -OCH3 is 1. The van der Waals surface area contributed by atoms with Crippen molar-refractivity contribution in [2.75, 3.05) is 25.1 Å². The Morgan fingerprint density at radius 1 is 1.50 bits per heavy atom. The number of aryl methyl sites for hydroxylation is 1. The molecule has 0 atom stereocenters. The van der Waals surface area contributed by atoms with Gasteiger partial charge in [0.25, 0.3) is 5.56 Å². The fourth-order valence-electron chi connectivity index (χ4n) is 2.75. The molecule has 2 N–H and O–H groups in total. The standard InChI is InChI=1S/C18H23N5O3/c1-4-5-6-16(19)18-15(12(2)26-21-18)11-23-17(24)7-13(8-20-23)22-9-14(10-22)25-3/h4-8,14H,9-11,19H2,1-3H3/b5-4?,16-6-. The Kier molecular flexibility index (Phi) is 5.22. The van der Waals surface area contributed by atoms with Gasteiger partial charge in [0.05, 0.1) is 30.2 Å². The summed E-state index contributed by atoms with van der Waals surface area (Å²) in [6.45, 7) is 5.47. The van der Waals surface area contributed by atoms with Gasteiger partial charge in [0.2, 0.25) is 0 Å². The van der Waals surface area contributed by atoms with Crippen molar-refractivity contribution in [1.82, 2.24) is 14.9 Å². The quantitative estimate of drug-likeness (QED) is 0.778. The van der Waals surface area contributed by atoms with Crippen molar-refractivity contribution in [1.29, 1.82) is 0 Å². The van der Waals surface area contributed by atoms with Gasteiger partial charge >= 0.3 is 0 Å². The minimum atomic E-state index is -0.189. The van der Waals surface area contributed by atoms with E-state index in [4.69, 9.17) is 15.0 Å². The molecule has 8 nitrogen and oxygen atoms in total. The van der Waals surface area contributed by atoms with Gasteiger partial charge in [-0.1, -0.05) is 17.3 Å². The zero-order chi connectivity index (χ0) is 18.7. The van der Waals surface area contributed by atoms with Gasteiger partial charge in [-0.3, -0.25) is 4.79 Å². The molecule has 0 amide bonds. The number of hydrogen-bond donors (Lipinski definition) is 1. The van der Waals surface area contributed by atoms with E-state index in [9.17, 15) is 4.79 Å². The van der Waals surface area contributed by atoms with Gasteiger partial charge in [-0.2, -0.15) is 5.10 Å². The Morgan fingerprint density at radius 3 is 2.92 bits per heavy atom. The van der Waals surface area contributed by atoms with Gasteiger partial charge in [0.1, 0.15) is 11.5 Å². The summed E-state index contributed by atoms with van der Waals surface area (Å²) in [7, 11) is 1.69. The Bertz CT molecular complexity index is 890. The fourth-order valence-corrected chi connectivity index (χ4v) is 2.75. The molecule has 0 saturated carbocycles. The van der Waals surface area contributed by atoms with Crippen LogP contribution in [0.4, 0.5) is 5.69 Å². The molecule has 1 fully saturated rings. The summed E-state index contributed by atoms with van der Waals surface area (Å²) in [5, 5.41) is 8.30. The fraction of sp³-hybridized carbons (Fsp3) is 0.389. The van der Waals surface area contributed by atoms with Gasteiger partial charge in [-0.15, -0.1) is 0 Å². The van der Waals surface area contributed by atoms with Gasteiger partial charge in [0, 0.05) is 31.8 Å². The molecular formula is C18H23N5O3. The van der Waals surface area contributed by atoms with E-state index in [1.807, 2.05) is 19.1 Å². The Hall–Kier alpha value is -2.87. The Balaban J connectivity index is 1.82. The summed E-state index contributed by atoms with van der Waals surface area (Å²) in [5.41, 5.74) is 8.43. The summed E-state index contributed by atoms with van der Waals surface area (Å²) in [4.78, 5) is 14.5. The molecule has 1 aliphatic rings. The number of ether oxygens (including phenoxy) is 1. The van der Waals surface area contributed by atoms with Crippen molar-refractivity contribution < 1.29 is 9.26 Å². The SMILES string of the molecule is CC=C/C=C(\N)c1noc(C)c1Cn1ncc(N2CC(OC)C2)cc1=O. The van der Waals surface area contributed by atoms with Crippen LogP contribution >= 0.6 is 0 Å². The number of allylic oxidation sites excluding steroid dienone is 3. The molecule has 0 bridgehead atoms. The Morgan fingerprint density at radius 2 is 2.27 bits per heavy atom. The maximum Gasteiger partial charge on any atom is 0.269 e. The topological polar surface area (TPSA) is 99.4 Å². The molecule has 2 aromatic heterocycles. The molecule has 1 aliphatic heterocycles. The second-order valence-corrected chi connectivity index (χ2v) is 6.19. The average molecular weight is 357 g/mol. The lowest BCUT2D eigenvalue weighted by Crippen LogP contribution is -2.52. The molecule has 0 unspecified atom stereocenters.